The summed E-state index contributed by atoms with van der Waals surface area (Å²) < 4.78 is 16.9. The molecule has 1 aromatic carbocycles. The summed E-state index contributed by atoms with van der Waals surface area (Å²) in [5, 5.41) is 0. The monoisotopic (exact) mass is 376 g/mol. The summed E-state index contributed by atoms with van der Waals surface area (Å²) in [4.78, 5) is 28.6. The molecule has 1 saturated heterocycles. The second-order valence-corrected chi connectivity index (χ2v) is 8.04. The van der Waals surface area contributed by atoms with E-state index in [-0.39, 0.29) is 24.6 Å². The van der Waals surface area contributed by atoms with E-state index in [9.17, 15) is 9.59 Å². The molecular formula is C20H28N2O5. The Morgan fingerprint density at radius 3 is 2.63 bits per heavy atom. The van der Waals surface area contributed by atoms with E-state index in [0.29, 0.717) is 24.6 Å². The van der Waals surface area contributed by atoms with Crippen LogP contribution in [0, 0.1) is 0 Å². The van der Waals surface area contributed by atoms with Crippen LogP contribution in [0.1, 0.15) is 33.6 Å². The van der Waals surface area contributed by atoms with E-state index >= 15 is 0 Å². The lowest BCUT2D eigenvalue weighted by Crippen LogP contribution is -2.55. The zero-order chi connectivity index (χ0) is 19.6. The minimum atomic E-state index is -0.662. The third kappa shape index (κ3) is 4.64. The molecule has 0 N–H and O–H groups in total. The van der Waals surface area contributed by atoms with Crippen molar-refractivity contribution in [1.29, 1.82) is 0 Å². The van der Waals surface area contributed by atoms with Gasteiger partial charge in [0.15, 0.2) is 11.5 Å². The van der Waals surface area contributed by atoms with Gasteiger partial charge in [0.2, 0.25) is 6.10 Å². The van der Waals surface area contributed by atoms with Gasteiger partial charge in [0, 0.05) is 20.1 Å². The van der Waals surface area contributed by atoms with Gasteiger partial charge < -0.3 is 24.0 Å². The number of benzene rings is 1. The van der Waals surface area contributed by atoms with Gasteiger partial charge in [-0.25, -0.2) is 4.79 Å². The van der Waals surface area contributed by atoms with E-state index < -0.39 is 11.7 Å². The third-order valence-electron chi connectivity index (χ3n) is 4.72. The molecule has 0 radical (unpaired) electrons. The van der Waals surface area contributed by atoms with Gasteiger partial charge in [0.25, 0.3) is 5.91 Å². The van der Waals surface area contributed by atoms with Crippen molar-refractivity contribution in [2.45, 2.75) is 51.4 Å². The van der Waals surface area contributed by atoms with Crippen molar-refractivity contribution in [3.8, 4) is 11.5 Å². The minimum absolute atomic E-state index is 0.0747. The fraction of sp³-hybridized carbons (Fsp3) is 0.600. The van der Waals surface area contributed by atoms with E-state index in [1.807, 2.05) is 39.0 Å². The predicted molar refractivity (Wildman–Crippen MR) is 100.0 cm³/mol. The molecule has 2 atom stereocenters. The fourth-order valence-electron chi connectivity index (χ4n) is 3.30. The molecule has 0 bridgehead atoms. The standard InChI is InChI=1S/C20H28N2O5/c1-20(2,3)27-19(24)21(4)14-8-7-11-22(12-14)18(23)17-13-25-15-9-5-6-10-16(15)26-17/h5-6,9-10,14,17H,7-8,11-13H2,1-4H3/t14-,17-/m1/s1. The van der Waals surface area contributed by atoms with Crippen LogP contribution in [0.15, 0.2) is 24.3 Å². The molecule has 1 fully saturated rings. The van der Waals surface area contributed by atoms with Crippen molar-refractivity contribution in [1.82, 2.24) is 9.80 Å². The lowest BCUT2D eigenvalue weighted by molar-refractivity contribution is -0.143. The first-order valence-electron chi connectivity index (χ1n) is 9.37. The van der Waals surface area contributed by atoms with Gasteiger partial charge >= 0.3 is 6.09 Å². The summed E-state index contributed by atoms with van der Waals surface area (Å²) in [5.74, 6) is 1.14. The molecule has 2 aliphatic heterocycles. The number of rotatable bonds is 2. The third-order valence-corrected chi connectivity index (χ3v) is 4.72. The Hall–Kier alpha value is -2.44. The molecule has 27 heavy (non-hydrogen) atoms. The largest absolute Gasteiger partial charge is 0.485 e. The number of likely N-dealkylation sites (N-methyl/N-ethyl adjacent to an activating group) is 1. The zero-order valence-electron chi connectivity index (χ0n) is 16.4. The van der Waals surface area contributed by atoms with E-state index in [1.54, 1.807) is 22.9 Å². The maximum Gasteiger partial charge on any atom is 0.410 e. The van der Waals surface area contributed by atoms with Crippen molar-refractivity contribution in [2.24, 2.45) is 0 Å². The lowest BCUT2D eigenvalue weighted by Gasteiger charge is -2.39. The van der Waals surface area contributed by atoms with Gasteiger partial charge in [-0.15, -0.1) is 0 Å². The van der Waals surface area contributed by atoms with Crippen molar-refractivity contribution >= 4 is 12.0 Å². The maximum atomic E-state index is 12.9. The number of ether oxygens (including phenoxy) is 3. The molecule has 2 heterocycles. The van der Waals surface area contributed by atoms with Gasteiger partial charge in [-0.3, -0.25) is 4.79 Å². The topological polar surface area (TPSA) is 68.3 Å². The minimum Gasteiger partial charge on any atom is -0.485 e. The number of amides is 2. The maximum absolute atomic E-state index is 12.9. The normalized spacial score (nSPS) is 22.1. The molecule has 0 aliphatic carbocycles. The van der Waals surface area contributed by atoms with Crippen LogP contribution in [0.25, 0.3) is 0 Å². The fourth-order valence-corrected chi connectivity index (χ4v) is 3.30. The van der Waals surface area contributed by atoms with E-state index in [2.05, 4.69) is 0 Å². The van der Waals surface area contributed by atoms with Gasteiger partial charge in [-0.05, 0) is 45.7 Å². The summed E-state index contributed by atoms with van der Waals surface area (Å²) in [6.45, 7) is 6.84. The first kappa shape index (κ1) is 19.3. The number of carbonyl (C=O) groups is 2. The summed E-state index contributed by atoms with van der Waals surface area (Å²) in [7, 11) is 1.73. The van der Waals surface area contributed by atoms with Crippen molar-refractivity contribution < 1.29 is 23.8 Å². The lowest BCUT2D eigenvalue weighted by atomic mass is 10.0. The van der Waals surface area contributed by atoms with Crippen LogP contribution in [0.3, 0.4) is 0 Å². The zero-order valence-corrected chi connectivity index (χ0v) is 16.4. The summed E-state index contributed by atoms with van der Waals surface area (Å²) in [6.07, 6.45) is 0.636. The number of carbonyl (C=O) groups excluding carboxylic acids is 2. The molecule has 0 saturated carbocycles. The number of likely N-dealkylation sites (tertiary alicyclic amines) is 1. The van der Waals surface area contributed by atoms with Crippen molar-refractivity contribution in [3.63, 3.8) is 0 Å². The van der Waals surface area contributed by atoms with Gasteiger partial charge in [-0.2, -0.15) is 0 Å². The molecule has 0 aromatic heterocycles. The highest BCUT2D eigenvalue weighted by Gasteiger charge is 2.36. The first-order valence-corrected chi connectivity index (χ1v) is 9.37. The second kappa shape index (κ2) is 7.66. The number of hydrogen-bond acceptors (Lipinski definition) is 5. The highest BCUT2D eigenvalue weighted by atomic mass is 16.6. The highest BCUT2D eigenvalue weighted by Crippen LogP contribution is 2.31. The molecule has 148 valence electrons. The molecule has 3 rings (SSSR count). The van der Waals surface area contributed by atoms with Crippen molar-refractivity contribution in [2.75, 3.05) is 26.7 Å². The Balaban J connectivity index is 1.61. The molecule has 0 unspecified atom stereocenters. The van der Waals surface area contributed by atoms with Crippen LogP contribution in [0.4, 0.5) is 4.79 Å². The van der Waals surface area contributed by atoms with Crippen LogP contribution in [0.2, 0.25) is 0 Å². The number of fused-ring (bicyclic) bond motifs is 1. The average molecular weight is 376 g/mol. The van der Waals surface area contributed by atoms with Gasteiger partial charge in [0.1, 0.15) is 12.2 Å². The molecule has 1 aromatic rings. The Kier molecular flexibility index (Phi) is 5.48. The highest BCUT2D eigenvalue weighted by molar-refractivity contribution is 5.82. The summed E-state index contributed by atoms with van der Waals surface area (Å²) in [6, 6.07) is 7.26. The van der Waals surface area contributed by atoms with Crippen molar-refractivity contribution in [3.05, 3.63) is 24.3 Å². The molecule has 0 spiro atoms. The van der Waals surface area contributed by atoms with Crippen LogP contribution >= 0.6 is 0 Å². The Morgan fingerprint density at radius 1 is 1.22 bits per heavy atom. The molecular weight excluding hydrogens is 348 g/mol. The Morgan fingerprint density at radius 2 is 1.93 bits per heavy atom. The SMILES string of the molecule is CN(C(=O)OC(C)(C)C)[C@@H]1CCCN(C(=O)[C@H]2COc3ccccc3O2)C1. The quantitative estimate of drug-likeness (QED) is 0.794. The number of para-hydroxylation sites is 2. The van der Waals surface area contributed by atoms with Crippen LogP contribution in [0.5, 0.6) is 11.5 Å². The summed E-state index contributed by atoms with van der Waals surface area (Å²) >= 11 is 0. The first-order chi connectivity index (χ1) is 12.7. The van der Waals surface area contributed by atoms with E-state index in [4.69, 9.17) is 14.2 Å². The predicted octanol–water partition coefficient (Wildman–Crippen LogP) is 2.68. The van der Waals surface area contributed by atoms with Gasteiger partial charge in [0.05, 0.1) is 6.04 Å². The summed E-state index contributed by atoms with van der Waals surface area (Å²) in [5.41, 5.74) is -0.545. The molecule has 2 amide bonds. The number of piperidine rings is 1. The van der Waals surface area contributed by atoms with E-state index in [1.165, 1.54) is 0 Å². The molecule has 7 heteroatoms. The van der Waals surface area contributed by atoms with Crippen LogP contribution < -0.4 is 9.47 Å². The van der Waals surface area contributed by atoms with Gasteiger partial charge in [-0.1, -0.05) is 12.1 Å². The smallest absolute Gasteiger partial charge is 0.410 e. The van der Waals surface area contributed by atoms with Crippen LogP contribution in [-0.2, 0) is 9.53 Å². The molecule has 7 nitrogen and oxygen atoms in total. The van der Waals surface area contributed by atoms with Crippen LogP contribution in [-0.4, -0.2) is 66.3 Å². The second-order valence-electron chi connectivity index (χ2n) is 8.04. The Bertz CT molecular complexity index is 700. The van der Waals surface area contributed by atoms with E-state index in [0.717, 1.165) is 12.8 Å². The molecule has 2 aliphatic rings. The average Bonchev–Trinajstić information content (AvgIpc) is 2.65. The Labute approximate surface area is 160 Å². The number of nitrogens with zero attached hydrogens (tertiary/aromatic N) is 2. The number of hydrogen-bond donors (Lipinski definition) is 0.